The zero-order valence-electron chi connectivity index (χ0n) is 28.7. The molecule has 3 heterocycles. The molecule has 0 bridgehead atoms. The standard InChI is InChI=1S/C41H40N2O6S/c1-40(2)23-42(21-11-5-6-16-33(44)45)36-29-14-9-7-12-27(29)31-22-32-28-13-8-10-15-30(28)37-35(39(32)49-38(31)34(36)40)41(3,4)24-43(37)25-17-19-26(20-18-25)50(46,47)48/h7-10,12-15,17-20,22H,5-6,11,16,21,23-24H2,1-4H3,(H-,44,45,46,47,48). The van der Waals surface area contributed by atoms with E-state index >= 15 is 0 Å². The molecule has 0 spiro atoms. The lowest BCUT2D eigenvalue weighted by Crippen LogP contribution is -2.30. The summed E-state index contributed by atoms with van der Waals surface area (Å²) in [6.45, 7) is 11.3. The zero-order valence-corrected chi connectivity index (χ0v) is 29.6. The number of carboxylic acids is 1. The van der Waals surface area contributed by atoms with E-state index < -0.39 is 16.1 Å². The van der Waals surface area contributed by atoms with E-state index in [-0.39, 0.29) is 22.1 Å². The fourth-order valence-electron chi connectivity index (χ4n) is 8.61. The van der Waals surface area contributed by atoms with Gasteiger partial charge in [0.15, 0.2) is 6.54 Å². The van der Waals surface area contributed by atoms with Crippen molar-refractivity contribution >= 4 is 55.1 Å². The average Bonchev–Trinajstić information content (AvgIpc) is 3.52. The Labute approximate surface area is 291 Å². The smallest absolute Gasteiger partial charge is 0.303 e. The molecule has 0 atom stereocenters. The Balaban J connectivity index is 1.36. The van der Waals surface area contributed by atoms with E-state index in [1.807, 2.05) is 6.07 Å². The molecule has 0 amide bonds. The molecule has 0 fully saturated rings. The number of hydrogen-bond donors (Lipinski definition) is 1. The van der Waals surface area contributed by atoms with Crippen molar-refractivity contribution in [3.8, 4) is 11.5 Å². The summed E-state index contributed by atoms with van der Waals surface area (Å²) in [4.78, 5) is 13.1. The predicted molar refractivity (Wildman–Crippen MR) is 195 cm³/mol. The van der Waals surface area contributed by atoms with Crippen molar-refractivity contribution in [1.82, 2.24) is 4.58 Å². The number of rotatable bonds is 8. The van der Waals surface area contributed by atoms with Gasteiger partial charge in [-0.25, -0.2) is 13.0 Å². The second-order valence-corrected chi connectivity index (χ2v) is 16.6. The van der Waals surface area contributed by atoms with Crippen LogP contribution in [0, 0.1) is 0 Å². The summed E-state index contributed by atoms with van der Waals surface area (Å²) >= 11 is 0. The third-order valence-electron chi connectivity index (χ3n) is 10.7. The molecule has 8 nitrogen and oxygen atoms in total. The number of carbonyl (C=O) groups is 1. The maximum absolute atomic E-state index is 11.7. The quantitative estimate of drug-likeness (QED) is 0.108. The second kappa shape index (κ2) is 11.4. The predicted octanol–water partition coefficient (Wildman–Crippen LogP) is 6.69. The van der Waals surface area contributed by atoms with E-state index in [0.717, 1.165) is 81.3 Å². The van der Waals surface area contributed by atoms with E-state index in [4.69, 9.17) is 9.84 Å². The zero-order chi connectivity index (χ0) is 35.2. The van der Waals surface area contributed by atoms with Crippen molar-refractivity contribution in [2.45, 2.75) is 69.1 Å². The molecule has 0 saturated heterocycles. The van der Waals surface area contributed by atoms with Crippen LogP contribution in [0.1, 0.15) is 70.1 Å². The molecular formula is C41H40N2O6S. The van der Waals surface area contributed by atoms with Crippen LogP contribution in [0.3, 0.4) is 0 Å². The lowest BCUT2D eigenvalue weighted by Gasteiger charge is -2.28. The monoisotopic (exact) mass is 688 g/mol. The van der Waals surface area contributed by atoms with Crippen LogP contribution in [-0.4, -0.2) is 43.7 Å². The Morgan fingerprint density at radius 2 is 1.50 bits per heavy atom. The maximum Gasteiger partial charge on any atom is 0.303 e. The van der Waals surface area contributed by atoms with Crippen molar-refractivity contribution in [2.75, 3.05) is 24.5 Å². The molecule has 0 aromatic heterocycles. The van der Waals surface area contributed by atoms with Crippen LogP contribution in [0.2, 0.25) is 0 Å². The fourth-order valence-corrected chi connectivity index (χ4v) is 9.07. The molecule has 0 unspecified atom stereocenters. The van der Waals surface area contributed by atoms with Gasteiger partial charge in [0.25, 0.3) is 0 Å². The van der Waals surface area contributed by atoms with Crippen molar-refractivity contribution in [3.63, 3.8) is 0 Å². The van der Waals surface area contributed by atoms with Gasteiger partial charge in [-0.3, -0.25) is 4.79 Å². The molecule has 3 aliphatic heterocycles. The van der Waals surface area contributed by atoms with E-state index in [0.29, 0.717) is 13.0 Å². The van der Waals surface area contributed by atoms with Gasteiger partial charge in [-0.15, -0.1) is 0 Å². The van der Waals surface area contributed by atoms with Crippen LogP contribution in [-0.2, 0) is 25.7 Å². The van der Waals surface area contributed by atoms with Crippen molar-refractivity contribution < 1.29 is 27.6 Å². The number of anilines is 2. The van der Waals surface area contributed by atoms with Crippen LogP contribution in [0.4, 0.5) is 11.4 Å². The van der Waals surface area contributed by atoms with Gasteiger partial charge in [0.05, 0.1) is 26.9 Å². The lowest BCUT2D eigenvalue weighted by molar-refractivity contribution is -0.137. The van der Waals surface area contributed by atoms with Gasteiger partial charge >= 0.3 is 5.97 Å². The Morgan fingerprint density at radius 1 is 0.840 bits per heavy atom. The number of carboxylic acid groups (broad SMARTS) is 1. The Kier molecular flexibility index (Phi) is 7.40. The van der Waals surface area contributed by atoms with Crippen LogP contribution in [0.15, 0.2) is 77.7 Å². The SMILES string of the molecule is CC1(C)CN(c2ccc(S(=O)(=O)[O-])cc2)c2c1c1c(c3ccccc23)C=c2c(c3c(c4ccccc24)=[N+](CCCCCC(=O)O)CC3(C)C)O1. The second-order valence-electron chi connectivity index (χ2n) is 15.2. The van der Waals surface area contributed by atoms with Gasteiger partial charge in [0, 0.05) is 52.2 Å². The first-order valence-electron chi connectivity index (χ1n) is 17.3. The highest BCUT2D eigenvalue weighted by molar-refractivity contribution is 7.85. The number of benzene rings is 5. The number of ether oxygens (including phenoxy) is 1. The van der Waals surface area contributed by atoms with Crippen molar-refractivity contribution in [1.29, 1.82) is 0 Å². The molecule has 5 aromatic rings. The third-order valence-corrected chi connectivity index (χ3v) is 11.5. The number of hydrogen-bond acceptors (Lipinski definition) is 6. The molecule has 50 heavy (non-hydrogen) atoms. The normalized spacial score (nSPS) is 16.8. The highest BCUT2D eigenvalue weighted by Crippen LogP contribution is 2.56. The van der Waals surface area contributed by atoms with E-state index in [9.17, 15) is 17.8 Å². The molecule has 0 saturated carbocycles. The van der Waals surface area contributed by atoms with E-state index in [1.165, 1.54) is 28.4 Å². The number of unbranched alkanes of at least 4 members (excludes halogenated alkanes) is 2. The molecule has 256 valence electrons. The summed E-state index contributed by atoms with van der Waals surface area (Å²) < 4.78 is 45.0. The molecule has 5 aromatic carbocycles. The Morgan fingerprint density at radius 3 is 2.18 bits per heavy atom. The van der Waals surface area contributed by atoms with Crippen LogP contribution in [0.25, 0.3) is 27.6 Å². The van der Waals surface area contributed by atoms with Crippen molar-refractivity contribution in [3.05, 3.63) is 100 Å². The Bertz CT molecular complexity index is 2500. The van der Waals surface area contributed by atoms with E-state index in [2.05, 4.69) is 85.7 Å². The minimum Gasteiger partial charge on any atom is -0.744 e. The van der Waals surface area contributed by atoms with Crippen LogP contribution >= 0.6 is 0 Å². The first-order valence-corrected chi connectivity index (χ1v) is 18.7. The van der Waals surface area contributed by atoms with Gasteiger partial charge < -0.3 is 19.3 Å². The summed E-state index contributed by atoms with van der Waals surface area (Å²) in [5, 5.41) is 15.9. The summed E-state index contributed by atoms with van der Waals surface area (Å²) in [7, 11) is -4.56. The molecule has 3 aliphatic rings. The topological polar surface area (TPSA) is 110 Å². The van der Waals surface area contributed by atoms with Gasteiger partial charge in [-0.2, -0.15) is 0 Å². The molecule has 9 heteroatoms. The summed E-state index contributed by atoms with van der Waals surface area (Å²) in [6, 6.07) is 23.2. The first-order chi connectivity index (χ1) is 23.8. The summed E-state index contributed by atoms with van der Waals surface area (Å²) in [5.74, 6) is 0.987. The first kappa shape index (κ1) is 32.5. The van der Waals surface area contributed by atoms with Crippen LogP contribution < -0.4 is 24.8 Å². The molecular weight excluding hydrogens is 649 g/mol. The fraction of sp³-hybridized carbons (Fsp3) is 0.317. The Hall–Kier alpha value is -4.73. The largest absolute Gasteiger partial charge is 0.744 e. The van der Waals surface area contributed by atoms with Gasteiger partial charge in [-0.05, 0) is 73.9 Å². The van der Waals surface area contributed by atoms with Crippen LogP contribution in [0.5, 0.6) is 11.5 Å². The number of aliphatic carboxylic acids is 1. The summed E-state index contributed by atoms with van der Waals surface area (Å²) in [5.41, 5.74) is 4.63. The number of nitrogens with zero attached hydrogens (tertiary/aromatic N) is 2. The highest BCUT2D eigenvalue weighted by Gasteiger charge is 2.45. The van der Waals surface area contributed by atoms with Gasteiger partial charge in [0.1, 0.15) is 28.2 Å². The minimum absolute atomic E-state index is 0.196. The number of fused-ring (bicyclic) bond motifs is 12. The lowest BCUT2D eigenvalue weighted by atomic mass is 9.81. The highest BCUT2D eigenvalue weighted by atomic mass is 32.2. The third kappa shape index (κ3) is 5.09. The summed E-state index contributed by atoms with van der Waals surface area (Å²) in [6.07, 6.45) is 4.96. The van der Waals surface area contributed by atoms with Gasteiger partial charge in [-0.1, -0.05) is 56.3 Å². The van der Waals surface area contributed by atoms with E-state index in [1.54, 1.807) is 12.1 Å². The van der Waals surface area contributed by atoms with Crippen molar-refractivity contribution in [2.24, 2.45) is 0 Å². The molecule has 1 N–H and O–H groups in total. The van der Waals surface area contributed by atoms with Gasteiger partial charge in [0.2, 0.25) is 5.36 Å². The maximum atomic E-state index is 11.7. The average molecular weight is 689 g/mol. The molecule has 0 aliphatic carbocycles. The minimum atomic E-state index is -4.56. The molecule has 0 radical (unpaired) electrons. The molecule has 8 rings (SSSR count).